The van der Waals surface area contributed by atoms with Gasteiger partial charge in [-0.2, -0.15) is 4.31 Å². The number of ether oxygens (including phenoxy) is 1. The van der Waals surface area contributed by atoms with Crippen LogP contribution in [-0.4, -0.2) is 57.4 Å². The fourth-order valence-corrected chi connectivity index (χ4v) is 3.39. The van der Waals surface area contributed by atoms with Crippen molar-refractivity contribution in [3.05, 3.63) is 0 Å². The maximum atomic E-state index is 12.1. The molecule has 17 heavy (non-hydrogen) atoms. The normalized spacial score (nSPS) is 23.2. The number of nitrogens with one attached hydrogen (secondary N) is 1. The van der Waals surface area contributed by atoms with Crippen molar-refractivity contribution in [2.75, 3.05) is 32.5 Å². The summed E-state index contributed by atoms with van der Waals surface area (Å²) in [5.74, 6) is 0.168. The van der Waals surface area contributed by atoms with Crippen LogP contribution >= 0.6 is 0 Å². The smallest absolute Gasteiger partial charge is 0.215 e. The molecule has 5 nitrogen and oxygen atoms in total. The lowest BCUT2D eigenvalue weighted by molar-refractivity contribution is 0.0572. The summed E-state index contributed by atoms with van der Waals surface area (Å²) in [6.45, 7) is 5.65. The first-order valence-corrected chi connectivity index (χ1v) is 7.80. The molecule has 0 aliphatic carbocycles. The van der Waals surface area contributed by atoms with Crippen LogP contribution < -0.4 is 5.32 Å². The van der Waals surface area contributed by atoms with Crippen LogP contribution in [0.25, 0.3) is 0 Å². The topological polar surface area (TPSA) is 58.6 Å². The minimum Gasteiger partial charge on any atom is -0.380 e. The Morgan fingerprint density at radius 3 is 2.76 bits per heavy atom. The van der Waals surface area contributed by atoms with E-state index in [0.717, 1.165) is 12.8 Å². The van der Waals surface area contributed by atoms with Crippen molar-refractivity contribution in [2.24, 2.45) is 0 Å². The van der Waals surface area contributed by atoms with Crippen LogP contribution in [0, 0.1) is 0 Å². The van der Waals surface area contributed by atoms with Crippen molar-refractivity contribution in [1.29, 1.82) is 0 Å². The van der Waals surface area contributed by atoms with Gasteiger partial charge in [-0.3, -0.25) is 0 Å². The highest BCUT2D eigenvalue weighted by Gasteiger charge is 2.28. The molecule has 1 rings (SSSR count). The van der Waals surface area contributed by atoms with Crippen LogP contribution in [0.1, 0.15) is 26.7 Å². The molecule has 0 radical (unpaired) electrons. The predicted octanol–water partition coefficient (Wildman–Crippen LogP) is 0.425. The van der Waals surface area contributed by atoms with Gasteiger partial charge in [-0.05, 0) is 12.8 Å². The number of sulfonamides is 1. The minimum absolute atomic E-state index is 0.0524. The van der Waals surface area contributed by atoms with Crippen molar-refractivity contribution in [1.82, 2.24) is 9.62 Å². The molecule has 0 bridgehead atoms. The fourth-order valence-electron chi connectivity index (χ4n) is 1.96. The molecule has 0 amide bonds. The molecule has 0 aromatic carbocycles. The van der Waals surface area contributed by atoms with Gasteiger partial charge >= 0.3 is 0 Å². The van der Waals surface area contributed by atoms with Crippen LogP contribution in [0.15, 0.2) is 0 Å². The zero-order valence-corrected chi connectivity index (χ0v) is 11.8. The molecule has 1 saturated heterocycles. The SMILES string of the molecule is COC1CCCN(S(=O)(=O)CCNC(C)C)C1. The van der Waals surface area contributed by atoms with Gasteiger partial charge in [-0.1, -0.05) is 13.8 Å². The average molecular weight is 264 g/mol. The molecule has 1 aliphatic rings. The third-order valence-electron chi connectivity index (χ3n) is 2.98. The Balaban J connectivity index is 2.46. The number of rotatable bonds is 6. The highest BCUT2D eigenvalue weighted by Crippen LogP contribution is 2.15. The molecule has 1 heterocycles. The third kappa shape index (κ3) is 4.91. The molecule has 6 heteroatoms. The van der Waals surface area contributed by atoms with E-state index in [1.54, 1.807) is 11.4 Å². The molecule has 102 valence electrons. The average Bonchev–Trinajstić information content (AvgIpc) is 2.28. The summed E-state index contributed by atoms with van der Waals surface area (Å²) in [6.07, 6.45) is 1.89. The second-order valence-corrected chi connectivity index (χ2v) is 6.87. The second kappa shape index (κ2) is 6.68. The van der Waals surface area contributed by atoms with E-state index in [1.807, 2.05) is 13.8 Å². The Bertz CT molecular complexity index is 317. The van der Waals surface area contributed by atoms with E-state index in [9.17, 15) is 8.42 Å². The summed E-state index contributed by atoms with van der Waals surface area (Å²) in [6, 6.07) is 0.318. The zero-order valence-electron chi connectivity index (χ0n) is 11.0. The fraction of sp³-hybridized carbons (Fsp3) is 1.00. The number of piperidine rings is 1. The quantitative estimate of drug-likeness (QED) is 0.755. The van der Waals surface area contributed by atoms with Gasteiger partial charge in [-0.25, -0.2) is 8.42 Å². The standard InChI is InChI=1S/C11H24N2O3S/c1-10(2)12-6-8-17(14,15)13-7-4-5-11(9-13)16-3/h10-12H,4-9H2,1-3H3. The van der Waals surface area contributed by atoms with Crippen molar-refractivity contribution in [3.8, 4) is 0 Å². The molecule has 1 aliphatic heterocycles. The maximum absolute atomic E-state index is 12.1. The van der Waals surface area contributed by atoms with E-state index in [0.29, 0.717) is 25.7 Å². The molecular formula is C11H24N2O3S. The van der Waals surface area contributed by atoms with E-state index in [2.05, 4.69) is 5.32 Å². The van der Waals surface area contributed by atoms with Crippen LogP contribution in [0.4, 0.5) is 0 Å². The van der Waals surface area contributed by atoms with Gasteiger partial charge in [0.25, 0.3) is 0 Å². The Hall–Kier alpha value is -0.170. The largest absolute Gasteiger partial charge is 0.380 e. The first-order chi connectivity index (χ1) is 7.95. The van der Waals surface area contributed by atoms with Crippen LogP contribution in [-0.2, 0) is 14.8 Å². The summed E-state index contributed by atoms with van der Waals surface area (Å²) in [7, 11) is -1.49. The van der Waals surface area contributed by atoms with Gasteiger partial charge in [0.05, 0.1) is 11.9 Å². The molecule has 1 N–H and O–H groups in total. The van der Waals surface area contributed by atoms with E-state index >= 15 is 0 Å². The Morgan fingerprint density at radius 2 is 2.18 bits per heavy atom. The first-order valence-electron chi connectivity index (χ1n) is 6.19. The van der Waals surface area contributed by atoms with Crippen molar-refractivity contribution < 1.29 is 13.2 Å². The Morgan fingerprint density at radius 1 is 1.47 bits per heavy atom. The molecule has 0 saturated carbocycles. The highest BCUT2D eigenvalue weighted by atomic mass is 32.2. The number of hydrogen-bond acceptors (Lipinski definition) is 4. The van der Waals surface area contributed by atoms with E-state index in [-0.39, 0.29) is 11.9 Å². The molecule has 1 atom stereocenters. The lowest BCUT2D eigenvalue weighted by Gasteiger charge is -2.31. The van der Waals surface area contributed by atoms with E-state index in [1.165, 1.54) is 0 Å². The van der Waals surface area contributed by atoms with Gasteiger partial charge in [0.2, 0.25) is 10.0 Å². The molecule has 0 aromatic rings. The summed E-state index contributed by atoms with van der Waals surface area (Å²) < 4.78 is 30.9. The Kier molecular flexibility index (Phi) is 5.85. The first kappa shape index (κ1) is 14.9. The van der Waals surface area contributed by atoms with E-state index < -0.39 is 10.0 Å². The summed E-state index contributed by atoms with van der Waals surface area (Å²) in [5, 5.41) is 3.13. The lowest BCUT2D eigenvalue weighted by atomic mass is 10.1. The molecule has 1 fully saturated rings. The molecule has 0 spiro atoms. The number of methoxy groups -OCH3 is 1. The summed E-state index contributed by atoms with van der Waals surface area (Å²) in [5.41, 5.74) is 0. The molecule has 1 unspecified atom stereocenters. The van der Waals surface area contributed by atoms with E-state index in [4.69, 9.17) is 4.74 Å². The second-order valence-electron chi connectivity index (χ2n) is 4.78. The van der Waals surface area contributed by atoms with Crippen molar-refractivity contribution in [2.45, 2.75) is 38.8 Å². The minimum atomic E-state index is -3.13. The monoisotopic (exact) mass is 264 g/mol. The molecular weight excluding hydrogens is 240 g/mol. The Labute approximate surface area is 105 Å². The highest BCUT2D eigenvalue weighted by molar-refractivity contribution is 7.89. The van der Waals surface area contributed by atoms with Crippen LogP contribution in [0.5, 0.6) is 0 Å². The van der Waals surface area contributed by atoms with Crippen LogP contribution in [0.3, 0.4) is 0 Å². The zero-order chi connectivity index (χ0) is 12.9. The summed E-state index contributed by atoms with van der Waals surface area (Å²) >= 11 is 0. The maximum Gasteiger partial charge on any atom is 0.215 e. The molecule has 0 aromatic heterocycles. The van der Waals surface area contributed by atoms with Crippen molar-refractivity contribution in [3.63, 3.8) is 0 Å². The number of nitrogens with zero attached hydrogens (tertiary/aromatic N) is 1. The number of hydrogen-bond donors (Lipinski definition) is 1. The lowest BCUT2D eigenvalue weighted by Crippen LogP contribution is -2.45. The van der Waals surface area contributed by atoms with Crippen molar-refractivity contribution >= 4 is 10.0 Å². The summed E-state index contributed by atoms with van der Waals surface area (Å²) in [4.78, 5) is 0. The van der Waals surface area contributed by atoms with Gasteiger partial charge in [0.15, 0.2) is 0 Å². The van der Waals surface area contributed by atoms with Gasteiger partial charge < -0.3 is 10.1 Å². The van der Waals surface area contributed by atoms with Gasteiger partial charge in [0.1, 0.15) is 0 Å². The predicted molar refractivity (Wildman–Crippen MR) is 68.5 cm³/mol. The van der Waals surface area contributed by atoms with Gasteiger partial charge in [-0.15, -0.1) is 0 Å². The van der Waals surface area contributed by atoms with Gasteiger partial charge in [0, 0.05) is 32.8 Å². The van der Waals surface area contributed by atoms with Crippen LogP contribution in [0.2, 0.25) is 0 Å². The third-order valence-corrected chi connectivity index (χ3v) is 4.82.